The van der Waals surface area contributed by atoms with Gasteiger partial charge >= 0.3 is 0 Å². The summed E-state index contributed by atoms with van der Waals surface area (Å²) < 4.78 is 13.7. The van der Waals surface area contributed by atoms with Gasteiger partial charge in [0.15, 0.2) is 11.6 Å². The Kier molecular flexibility index (Phi) is 4.33. The van der Waals surface area contributed by atoms with Crippen LogP contribution in [0.1, 0.15) is 26.5 Å². The van der Waals surface area contributed by atoms with E-state index in [9.17, 15) is 5.11 Å². The second-order valence-corrected chi connectivity index (χ2v) is 8.35. The van der Waals surface area contributed by atoms with E-state index < -0.39 is 5.60 Å². The quantitative estimate of drug-likeness (QED) is 0.677. The van der Waals surface area contributed by atoms with E-state index in [1.807, 2.05) is 35.9 Å². The molecule has 158 valence electrons. The molecule has 2 aliphatic rings. The number of aromatic nitrogens is 4. The van der Waals surface area contributed by atoms with Crippen LogP contribution >= 0.6 is 0 Å². The zero-order valence-electron chi connectivity index (χ0n) is 17.6. The van der Waals surface area contributed by atoms with Crippen molar-refractivity contribution in [3.05, 3.63) is 30.0 Å². The normalized spacial score (nSPS) is 21.2. The first-order chi connectivity index (χ1) is 14.4. The van der Waals surface area contributed by atoms with Gasteiger partial charge in [-0.3, -0.25) is 0 Å². The van der Waals surface area contributed by atoms with Crippen molar-refractivity contribution in [1.29, 1.82) is 0 Å². The number of fused-ring (bicyclic) bond motifs is 4. The fourth-order valence-electron chi connectivity index (χ4n) is 4.23. The van der Waals surface area contributed by atoms with Crippen LogP contribution in [0, 0.1) is 0 Å². The molecule has 0 bridgehead atoms. The van der Waals surface area contributed by atoms with Crippen LogP contribution in [0.3, 0.4) is 0 Å². The highest BCUT2D eigenvalue weighted by molar-refractivity contribution is 5.80. The van der Waals surface area contributed by atoms with Crippen LogP contribution in [0.5, 0.6) is 5.75 Å². The minimum atomic E-state index is -1.21. The second kappa shape index (κ2) is 6.82. The van der Waals surface area contributed by atoms with Crippen molar-refractivity contribution < 1.29 is 14.6 Å². The molecular formula is C21H26N6O3. The average molecular weight is 410 g/mol. The zero-order chi connectivity index (χ0) is 21.0. The number of nitrogens with one attached hydrogen (secondary N) is 1. The molecule has 2 aromatic heterocycles. The van der Waals surface area contributed by atoms with Crippen LogP contribution < -0.4 is 15.0 Å². The van der Waals surface area contributed by atoms with Crippen LogP contribution in [0.4, 0.5) is 11.8 Å². The molecule has 0 amide bonds. The van der Waals surface area contributed by atoms with Gasteiger partial charge in [-0.25, -0.2) is 14.5 Å². The number of anilines is 2. The van der Waals surface area contributed by atoms with Gasteiger partial charge in [0, 0.05) is 7.05 Å². The van der Waals surface area contributed by atoms with Gasteiger partial charge in [0.2, 0.25) is 11.9 Å². The molecule has 9 heteroatoms. The number of imidazole rings is 1. The lowest BCUT2D eigenvalue weighted by atomic mass is 10.0. The molecule has 1 fully saturated rings. The maximum absolute atomic E-state index is 10.9. The van der Waals surface area contributed by atoms with Gasteiger partial charge in [-0.2, -0.15) is 4.98 Å². The van der Waals surface area contributed by atoms with Crippen molar-refractivity contribution in [3.63, 3.8) is 0 Å². The van der Waals surface area contributed by atoms with Crippen molar-refractivity contribution in [2.75, 3.05) is 37.1 Å². The van der Waals surface area contributed by atoms with Gasteiger partial charge in [0.25, 0.3) is 0 Å². The number of ether oxygens (including phenoxy) is 2. The molecule has 0 saturated carbocycles. The topological polar surface area (TPSA) is 97.6 Å². The number of nitrogens with zero attached hydrogens (tertiary/aromatic N) is 5. The molecule has 4 heterocycles. The van der Waals surface area contributed by atoms with E-state index in [1.165, 1.54) is 0 Å². The third kappa shape index (κ3) is 2.88. The molecule has 2 atom stereocenters. The third-order valence-electron chi connectivity index (χ3n) is 5.60. The number of aliphatic hydroxyl groups is 1. The molecule has 2 aliphatic heterocycles. The molecule has 0 radical (unpaired) electrons. The number of para-hydroxylation sites is 2. The molecular weight excluding hydrogens is 384 g/mol. The van der Waals surface area contributed by atoms with E-state index in [1.54, 1.807) is 13.8 Å². The summed E-state index contributed by atoms with van der Waals surface area (Å²) >= 11 is 0. The van der Waals surface area contributed by atoms with Crippen molar-refractivity contribution >= 4 is 22.8 Å². The van der Waals surface area contributed by atoms with Crippen LogP contribution in [-0.2, 0) is 10.3 Å². The third-order valence-corrected chi connectivity index (χ3v) is 5.60. The number of hydrogen-bond acceptors (Lipinski definition) is 8. The molecule has 2 N–H and O–H groups in total. The van der Waals surface area contributed by atoms with Crippen molar-refractivity contribution in [1.82, 2.24) is 19.5 Å². The second-order valence-electron chi connectivity index (χ2n) is 8.35. The smallest absolute Gasteiger partial charge is 0.239 e. The minimum Gasteiger partial charge on any atom is -0.485 e. The Morgan fingerprint density at radius 1 is 1.13 bits per heavy atom. The molecule has 0 aliphatic carbocycles. The molecule has 30 heavy (non-hydrogen) atoms. The van der Waals surface area contributed by atoms with Gasteiger partial charge < -0.3 is 24.8 Å². The largest absolute Gasteiger partial charge is 0.485 e. The SMILES string of the molecule is CNc1nc2ccccc2n1-c1nc2c(c(C(C)(C)O)n1)OCC1COC[C@@H](C)N21. The molecule has 9 nitrogen and oxygen atoms in total. The van der Waals surface area contributed by atoms with E-state index in [-0.39, 0.29) is 12.1 Å². The van der Waals surface area contributed by atoms with E-state index in [0.717, 1.165) is 11.0 Å². The molecule has 1 aromatic carbocycles. The Morgan fingerprint density at radius 2 is 1.93 bits per heavy atom. The minimum absolute atomic E-state index is 0.0713. The lowest BCUT2D eigenvalue weighted by Gasteiger charge is -2.45. The Hall–Kier alpha value is -2.91. The summed E-state index contributed by atoms with van der Waals surface area (Å²) in [6.45, 7) is 7.20. The van der Waals surface area contributed by atoms with Gasteiger partial charge in [-0.05, 0) is 32.9 Å². The predicted molar refractivity (Wildman–Crippen MR) is 113 cm³/mol. The first kappa shape index (κ1) is 19.1. The first-order valence-corrected chi connectivity index (χ1v) is 10.2. The van der Waals surface area contributed by atoms with Crippen LogP contribution in [0.2, 0.25) is 0 Å². The van der Waals surface area contributed by atoms with Crippen molar-refractivity contribution in [2.24, 2.45) is 0 Å². The lowest BCUT2D eigenvalue weighted by molar-refractivity contribution is 0.0424. The van der Waals surface area contributed by atoms with Gasteiger partial charge in [0.05, 0.1) is 36.3 Å². The fourth-order valence-corrected chi connectivity index (χ4v) is 4.23. The highest BCUT2D eigenvalue weighted by Gasteiger charge is 2.40. The Bertz CT molecular complexity index is 1110. The Morgan fingerprint density at radius 3 is 2.70 bits per heavy atom. The molecule has 1 unspecified atom stereocenters. The standard InChI is InChI=1S/C21H26N6O3/c1-12-9-29-10-13-11-30-16-17(21(2,3)28)24-20(25-18(16)26(12)13)27-15-8-6-5-7-14(15)23-19(27)22-4/h5-8,12-13,28H,9-11H2,1-4H3,(H,22,23)/t12-,13?/m1/s1. The molecule has 3 aromatic rings. The zero-order valence-corrected chi connectivity index (χ0v) is 17.6. The van der Waals surface area contributed by atoms with Crippen molar-refractivity contribution in [2.45, 2.75) is 38.5 Å². The highest BCUT2D eigenvalue weighted by Crippen LogP contribution is 2.42. The van der Waals surface area contributed by atoms with Crippen LogP contribution in [0.25, 0.3) is 17.0 Å². The van der Waals surface area contributed by atoms with Gasteiger partial charge in [0.1, 0.15) is 17.9 Å². The van der Waals surface area contributed by atoms with Gasteiger partial charge in [-0.1, -0.05) is 12.1 Å². The number of rotatable bonds is 3. The number of hydrogen-bond donors (Lipinski definition) is 2. The molecule has 1 saturated heterocycles. The van der Waals surface area contributed by atoms with E-state index in [2.05, 4.69) is 22.1 Å². The summed E-state index contributed by atoms with van der Waals surface area (Å²) in [5, 5.41) is 14.0. The first-order valence-electron chi connectivity index (χ1n) is 10.2. The van der Waals surface area contributed by atoms with Crippen molar-refractivity contribution in [3.8, 4) is 11.7 Å². The van der Waals surface area contributed by atoms with E-state index in [0.29, 0.717) is 49.0 Å². The fraction of sp³-hybridized carbons (Fsp3) is 0.476. The molecule has 5 rings (SSSR count). The van der Waals surface area contributed by atoms with Crippen LogP contribution in [0.15, 0.2) is 24.3 Å². The highest BCUT2D eigenvalue weighted by atomic mass is 16.5. The predicted octanol–water partition coefficient (Wildman–Crippen LogP) is 2.07. The summed E-state index contributed by atoms with van der Waals surface area (Å²) in [6, 6.07) is 8.04. The summed E-state index contributed by atoms with van der Waals surface area (Å²) in [4.78, 5) is 16.6. The Balaban J connectivity index is 1.79. The van der Waals surface area contributed by atoms with Crippen LogP contribution in [-0.4, -0.2) is 63.6 Å². The summed E-state index contributed by atoms with van der Waals surface area (Å²) in [6.07, 6.45) is 0. The maximum atomic E-state index is 10.9. The summed E-state index contributed by atoms with van der Waals surface area (Å²) in [5.74, 6) is 2.28. The average Bonchev–Trinajstić information content (AvgIpc) is 3.10. The summed E-state index contributed by atoms with van der Waals surface area (Å²) in [5.41, 5.74) is 0.966. The number of benzene rings is 1. The number of morpholine rings is 1. The molecule has 0 spiro atoms. The van der Waals surface area contributed by atoms with E-state index in [4.69, 9.17) is 19.4 Å². The Labute approximate surface area is 174 Å². The summed E-state index contributed by atoms with van der Waals surface area (Å²) in [7, 11) is 1.82. The van der Waals surface area contributed by atoms with Gasteiger partial charge in [-0.15, -0.1) is 0 Å². The van der Waals surface area contributed by atoms with E-state index >= 15 is 0 Å². The maximum Gasteiger partial charge on any atom is 0.239 e. The lowest BCUT2D eigenvalue weighted by Crippen LogP contribution is -2.56. The monoisotopic (exact) mass is 410 g/mol.